The van der Waals surface area contributed by atoms with Crippen molar-refractivity contribution in [3.05, 3.63) is 54.6 Å². The van der Waals surface area contributed by atoms with Gasteiger partial charge in [0.15, 0.2) is 11.6 Å². The summed E-state index contributed by atoms with van der Waals surface area (Å²) >= 11 is 0. The van der Waals surface area contributed by atoms with E-state index in [1.807, 2.05) is 37.3 Å². The van der Waals surface area contributed by atoms with Crippen LogP contribution in [0.25, 0.3) is 23.0 Å². The van der Waals surface area contributed by atoms with Crippen molar-refractivity contribution < 1.29 is 18.5 Å². The minimum Gasteiger partial charge on any atom is -0.492 e. The molecule has 0 saturated carbocycles. The fourth-order valence-corrected chi connectivity index (χ4v) is 3.56. The van der Waals surface area contributed by atoms with Gasteiger partial charge in [-0.1, -0.05) is 17.3 Å². The number of carbonyl (C=O) groups is 1. The second-order valence-corrected chi connectivity index (χ2v) is 6.91. The van der Waals surface area contributed by atoms with E-state index < -0.39 is 0 Å². The molecule has 0 spiro atoms. The van der Waals surface area contributed by atoms with E-state index in [2.05, 4.69) is 20.3 Å². The third kappa shape index (κ3) is 3.24. The van der Waals surface area contributed by atoms with Crippen LogP contribution in [0.2, 0.25) is 0 Å². The van der Waals surface area contributed by atoms with E-state index in [1.165, 1.54) is 0 Å². The molecule has 1 unspecified atom stereocenters. The Bertz CT molecular complexity index is 1160. The molecule has 1 aromatic carbocycles. The van der Waals surface area contributed by atoms with Crippen molar-refractivity contribution >= 4 is 11.6 Å². The Hall–Kier alpha value is -3.88. The molecule has 1 aliphatic heterocycles. The maximum absolute atomic E-state index is 12.7. The van der Waals surface area contributed by atoms with Crippen molar-refractivity contribution in [2.24, 2.45) is 0 Å². The van der Waals surface area contributed by atoms with Gasteiger partial charge in [0.05, 0.1) is 18.6 Å². The molecule has 152 valence electrons. The number of hydrogen-bond acceptors (Lipinski definition) is 7. The molecule has 30 heavy (non-hydrogen) atoms. The summed E-state index contributed by atoms with van der Waals surface area (Å²) in [6.45, 7) is 2.91. The van der Waals surface area contributed by atoms with Crippen molar-refractivity contribution in [3.8, 4) is 28.8 Å². The van der Waals surface area contributed by atoms with Crippen molar-refractivity contribution in [2.75, 3.05) is 18.1 Å². The molecular formula is C21H19N5O4. The molecule has 9 heteroatoms. The van der Waals surface area contributed by atoms with Crippen LogP contribution >= 0.6 is 0 Å². The average Bonchev–Trinajstić information content (AvgIpc) is 3.53. The van der Waals surface area contributed by atoms with E-state index in [0.29, 0.717) is 54.2 Å². The molecule has 9 nitrogen and oxygen atoms in total. The molecule has 5 rings (SSSR count). The first-order valence-electron chi connectivity index (χ1n) is 9.68. The van der Waals surface area contributed by atoms with Crippen molar-refractivity contribution in [3.63, 3.8) is 0 Å². The second kappa shape index (κ2) is 7.51. The first-order chi connectivity index (χ1) is 14.7. The smallest absolute Gasteiger partial charge is 0.275 e. The van der Waals surface area contributed by atoms with E-state index in [4.69, 9.17) is 13.7 Å². The quantitative estimate of drug-likeness (QED) is 0.521. The molecule has 4 heterocycles. The largest absolute Gasteiger partial charge is 0.492 e. The van der Waals surface area contributed by atoms with Crippen LogP contribution < -0.4 is 9.64 Å². The number of aromatic nitrogens is 4. The minimum atomic E-state index is -0.169. The molecule has 0 aliphatic carbocycles. The summed E-state index contributed by atoms with van der Waals surface area (Å²) in [6.07, 6.45) is 1.89. The van der Waals surface area contributed by atoms with Crippen molar-refractivity contribution in [1.29, 1.82) is 0 Å². The number of carbonyl (C=O) groups excluding carboxylic acids is 1. The monoisotopic (exact) mass is 405 g/mol. The standard InChI is InChI=1S/C21H19N5O4/c1-2-28-18-7-4-3-6-16(18)26-12-13(10-19(26)27)20-22-21(30-25-20)15-11-14(23-24-15)17-8-5-9-29-17/h3-9,11,13H,2,10,12H2,1H3,(H,23,24). The van der Waals surface area contributed by atoms with Crippen LogP contribution in [-0.2, 0) is 4.79 Å². The Morgan fingerprint density at radius 2 is 2.17 bits per heavy atom. The van der Waals surface area contributed by atoms with Crippen LogP contribution in [0.1, 0.15) is 25.1 Å². The molecule has 0 radical (unpaired) electrons. The normalized spacial score (nSPS) is 16.4. The maximum atomic E-state index is 12.7. The third-order valence-corrected chi connectivity index (χ3v) is 4.97. The highest BCUT2D eigenvalue weighted by atomic mass is 16.5. The van der Waals surface area contributed by atoms with E-state index in [0.717, 1.165) is 5.69 Å². The van der Waals surface area contributed by atoms with Crippen molar-refractivity contribution in [1.82, 2.24) is 20.3 Å². The molecule has 1 saturated heterocycles. The first-order valence-corrected chi connectivity index (χ1v) is 9.68. The fraction of sp³-hybridized carbons (Fsp3) is 0.238. The lowest BCUT2D eigenvalue weighted by Gasteiger charge is -2.19. The number of ether oxygens (including phenoxy) is 1. The summed E-state index contributed by atoms with van der Waals surface area (Å²) in [7, 11) is 0. The summed E-state index contributed by atoms with van der Waals surface area (Å²) in [5, 5.41) is 11.2. The highest BCUT2D eigenvalue weighted by molar-refractivity contribution is 5.97. The van der Waals surface area contributed by atoms with Gasteiger partial charge in [0.2, 0.25) is 5.91 Å². The summed E-state index contributed by atoms with van der Waals surface area (Å²) in [6, 6.07) is 12.9. The first kappa shape index (κ1) is 18.2. The van der Waals surface area contributed by atoms with Gasteiger partial charge in [0.1, 0.15) is 17.1 Å². The van der Waals surface area contributed by atoms with Crippen LogP contribution in [0.3, 0.4) is 0 Å². The summed E-state index contributed by atoms with van der Waals surface area (Å²) in [4.78, 5) is 18.9. The fourth-order valence-electron chi connectivity index (χ4n) is 3.56. The summed E-state index contributed by atoms with van der Waals surface area (Å²) in [5.74, 6) is 1.96. The second-order valence-electron chi connectivity index (χ2n) is 6.91. The zero-order valence-corrected chi connectivity index (χ0v) is 16.2. The molecule has 1 N–H and O–H groups in total. The van der Waals surface area contributed by atoms with Crippen LogP contribution in [-0.4, -0.2) is 39.4 Å². The molecule has 1 fully saturated rings. The molecule has 4 aromatic rings. The SMILES string of the molecule is CCOc1ccccc1N1CC(c2noc(-c3cc(-c4ccco4)n[nH]3)n2)CC1=O. The number of nitrogens with one attached hydrogen (secondary N) is 1. The number of rotatable bonds is 6. The molecule has 1 aliphatic rings. The Morgan fingerprint density at radius 3 is 3.00 bits per heavy atom. The topological polar surface area (TPSA) is 110 Å². The number of amides is 1. The number of benzene rings is 1. The molecular weight excluding hydrogens is 386 g/mol. The Kier molecular flexibility index (Phi) is 4.55. The van der Waals surface area contributed by atoms with Gasteiger partial charge in [0.25, 0.3) is 5.89 Å². The summed E-state index contributed by atoms with van der Waals surface area (Å²) in [5.41, 5.74) is 1.99. The Balaban J connectivity index is 1.36. The number of H-pyrrole nitrogens is 1. The Morgan fingerprint density at radius 1 is 1.27 bits per heavy atom. The van der Waals surface area contributed by atoms with Crippen molar-refractivity contribution in [2.45, 2.75) is 19.3 Å². The van der Waals surface area contributed by atoms with Gasteiger partial charge in [-0.3, -0.25) is 9.89 Å². The van der Waals surface area contributed by atoms with E-state index in [-0.39, 0.29) is 11.8 Å². The lowest BCUT2D eigenvalue weighted by molar-refractivity contribution is -0.117. The van der Waals surface area contributed by atoms with Gasteiger partial charge in [-0.15, -0.1) is 0 Å². The Labute approximate surface area is 171 Å². The maximum Gasteiger partial charge on any atom is 0.275 e. The zero-order valence-electron chi connectivity index (χ0n) is 16.2. The predicted octanol–water partition coefficient (Wildman–Crippen LogP) is 3.64. The molecule has 3 aromatic heterocycles. The number of hydrogen-bond donors (Lipinski definition) is 1. The van der Waals surface area contributed by atoms with Gasteiger partial charge in [-0.25, -0.2) is 0 Å². The number of aromatic amines is 1. The number of nitrogens with zero attached hydrogens (tertiary/aromatic N) is 4. The van der Waals surface area contributed by atoms with E-state index >= 15 is 0 Å². The van der Waals surface area contributed by atoms with Crippen LogP contribution in [0, 0.1) is 0 Å². The number of furan rings is 1. The molecule has 1 atom stereocenters. The number of para-hydroxylation sites is 2. The minimum absolute atomic E-state index is 0.000138. The van der Waals surface area contributed by atoms with Crippen LogP contribution in [0.5, 0.6) is 5.75 Å². The van der Waals surface area contributed by atoms with Gasteiger partial charge in [-0.2, -0.15) is 10.1 Å². The lowest BCUT2D eigenvalue weighted by atomic mass is 10.1. The average molecular weight is 405 g/mol. The summed E-state index contributed by atoms with van der Waals surface area (Å²) < 4.78 is 16.4. The van der Waals surface area contributed by atoms with E-state index in [1.54, 1.807) is 23.3 Å². The highest BCUT2D eigenvalue weighted by Crippen LogP contribution is 2.36. The van der Waals surface area contributed by atoms with E-state index in [9.17, 15) is 4.79 Å². The highest BCUT2D eigenvalue weighted by Gasteiger charge is 2.36. The van der Waals surface area contributed by atoms with Gasteiger partial charge in [0, 0.05) is 24.9 Å². The van der Waals surface area contributed by atoms with Gasteiger partial charge < -0.3 is 18.6 Å². The lowest BCUT2D eigenvalue weighted by Crippen LogP contribution is -2.25. The van der Waals surface area contributed by atoms with Crippen LogP contribution in [0.4, 0.5) is 5.69 Å². The van der Waals surface area contributed by atoms with Gasteiger partial charge >= 0.3 is 0 Å². The van der Waals surface area contributed by atoms with Gasteiger partial charge in [-0.05, 0) is 31.2 Å². The molecule has 0 bridgehead atoms. The molecule has 1 amide bonds. The third-order valence-electron chi connectivity index (χ3n) is 4.97. The van der Waals surface area contributed by atoms with Crippen LogP contribution in [0.15, 0.2) is 57.7 Å². The number of anilines is 1. The predicted molar refractivity (Wildman–Crippen MR) is 107 cm³/mol. The zero-order chi connectivity index (χ0) is 20.5.